The van der Waals surface area contributed by atoms with Crippen molar-refractivity contribution in [3.8, 4) is 0 Å². The van der Waals surface area contributed by atoms with Gasteiger partial charge in [-0.15, -0.1) is 0 Å². The molecule has 0 aromatic carbocycles. The zero-order valence-corrected chi connectivity index (χ0v) is 7.86. The van der Waals surface area contributed by atoms with E-state index in [-0.39, 0.29) is 0 Å². The molecule has 1 unspecified atom stereocenters. The van der Waals surface area contributed by atoms with Gasteiger partial charge in [0.2, 0.25) is 0 Å². The molecular weight excluding hydrogens is 222 g/mol. The summed E-state index contributed by atoms with van der Waals surface area (Å²) in [4.78, 5) is 30.0. The number of hydrogen-bond donors (Lipinski definition) is 4. The molecule has 0 aliphatic carbocycles. The summed E-state index contributed by atoms with van der Waals surface area (Å²) in [6, 6.07) is -3.37. The molecule has 88 valence electrons. The Morgan fingerprint density at radius 3 is 1.81 bits per heavy atom. The molecule has 16 heavy (non-hydrogen) atoms. The predicted molar refractivity (Wildman–Crippen MR) is 53.2 cm³/mol. The molecule has 0 spiro atoms. The van der Waals surface area contributed by atoms with E-state index in [0.29, 0.717) is 0 Å². The van der Waals surface area contributed by atoms with E-state index in [9.17, 15) is 19.7 Å². The first-order chi connectivity index (χ1) is 7.43. The first kappa shape index (κ1) is 13.3. The number of carbonyl (C=O) groups is 2. The third-order valence-electron chi connectivity index (χ3n) is 1.05. The van der Waals surface area contributed by atoms with Gasteiger partial charge in [0.15, 0.2) is 0 Å². The molecule has 0 saturated heterocycles. The van der Waals surface area contributed by atoms with Crippen molar-refractivity contribution in [3.63, 3.8) is 0 Å². The van der Waals surface area contributed by atoms with Crippen LogP contribution in [0.25, 0.3) is 0 Å². The van der Waals surface area contributed by atoms with Crippen LogP contribution in [0.4, 0.5) is 9.59 Å². The lowest BCUT2D eigenvalue weighted by molar-refractivity contribution is -0.482. The summed E-state index contributed by atoms with van der Waals surface area (Å²) in [7, 11) is 0. The van der Waals surface area contributed by atoms with Crippen LogP contribution < -0.4 is 22.3 Å². The molecule has 11 heteroatoms. The molecule has 11 nitrogen and oxygen atoms in total. The minimum atomic E-state index is -1.43. The molecule has 1 atom stereocenters. The molecule has 0 aromatic heterocycles. The van der Waals surface area contributed by atoms with Crippen LogP contribution in [0.2, 0.25) is 0 Å². The molecule has 0 rings (SSSR count). The van der Waals surface area contributed by atoms with E-state index >= 15 is 0 Å². The number of nitrogens with one attached hydrogen (secondary N) is 2. The Morgan fingerprint density at radius 1 is 1.19 bits per heavy atom. The highest BCUT2D eigenvalue weighted by Crippen LogP contribution is 1.81. The molecule has 0 bridgehead atoms. The summed E-state index contributed by atoms with van der Waals surface area (Å²) in [5.74, 6) is 0. The van der Waals surface area contributed by atoms with Crippen LogP contribution in [0.15, 0.2) is 10.2 Å². The summed E-state index contributed by atoms with van der Waals surface area (Å²) < 4.78 is 0. The number of amides is 4. The molecular formula is C5H9N7O4. The van der Waals surface area contributed by atoms with Crippen molar-refractivity contribution in [1.29, 1.82) is 0 Å². The Balaban J connectivity index is 4.33. The van der Waals surface area contributed by atoms with Crippen LogP contribution in [0.3, 0.4) is 0 Å². The van der Waals surface area contributed by atoms with Crippen LogP contribution in [0.1, 0.15) is 0 Å². The number of nitrogens with zero attached hydrogens (tertiary/aromatic N) is 3. The van der Waals surface area contributed by atoms with Crippen LogP contribution >= 0.6 is 0 Å². The Labute approximate surface area is 88.7 Å². The van der Waals surface area contributed by atoms with Crippen molar-refractivity contribution < 1.29 is 14.5 Å². The molecule has 0 radical (unpaired) electrons. The Kier molecular flexibility index (Phi) is 5.55. The fourth-order valence-electron chi connectivity index (χ4n) is 0.502. The largest absolute Gasteiger partial charge is 0.350 e. The lowest BCUT2D eigenvalue weighted by atomic mass is 10.4. The molecule has 0 aliphatic rings. The van der Waals surface area contributed by atoms with Gasteiger partial charge in [0.25, 0.3) is 6.04 Å². The van der Waals surface area contributed by atoms with Gasteiger partial charge in [0, 0.05) is 4.92 Å². The first-order valence-corrected chi connectivity index (χ1v) is 3.74. The number of hydrogen-bond acceptors (Lipinski definition) is 6. The van der Waals surface area contributed by atoms with Crippen molar-refractivity contribution in [2.24, 2.45) is 21.7 Å². The van der Waals surface area contributed by atoms with E-state index in [4.69, 9.17) is 0 Å². The second-order valence-electron chi connectivity index (χ2n) is 2.28. The minimum absolute atomic E-state index is 0.761. The molecule has 0 saturated carbocycles. The van der Waals surface area contributed by atoms with Crippen molar-refractivity contribution >= 4 is 24.5 Å². The Hall–Kier alpha value is -2.72. The molecule has 0 aromatic rings. The van der Waals surface area contributed by atoms with Gasteiger partial charge in [-0.3, -0.25) is 10.1 Å². The lowest BCUT2D eigenvalue weighted by Crippen LogP contribution is -2.30. The highest BCUT2D eigenvalue weighted by Gasteiger charge is 2.13. The maximum atomic E-state index is 10.4. The highest BCUT2D eigenvalue weighted by atomic mass is 16.6. The van der Waals surface area contributed by atoms with Crippen LogP contribution in [-0.4, -0.2) is 35.5 Å². The van der Waals surface area contributed by atoms with Crippen molar-refractivity contribution in [1.82, 2.24) is 10.9 Å². The second kappa shape index (κ2) is 6.69. The summed E-state index contributed by atoms with van der Waals surface area (Å²) >= 11 is 0. The van der Waals surface area contributed by atoms with Gasteiger partial charge in [-0.2, -0.15) is 10.2 Å². The van der Waals surface area contributed by atoms with Crippen LogP contribution in [0, 0.1) is 10.1 Å². The zero-order valence-electron chi connectivity index (χ0n) is 7.86. The van der Waals surface area contributed by atoms with Crippen LogP contribution in [0.5, 0.6) is 0 Å². The van der Waals surface area contributed by atoms with Gasteiger partial charge in [-0.25, -0.2) is 20.4 Å². The van der Waals surface area contributed by atoms with E-state index in [1.165, 1.54) is 0 Å². The maximum Gasteiger partial charge on any atom is 0.332 e. The van der Waals surface area contributed by atoms with Gasteiger partial charge in [0.1, 0.15) is 12.4 Å². The van der Waals surface area contributed by atoms with Gasteiger partial charge >= 0.3 is 12.1 Å². The second-order valence-corrected chi connectivity index (χ2v) is 2.28. The van der Waals surface area contributed by atoms with Crippen molar-refractivity contribution in [2.75, 3.05) is 0 Å². The summed E-state index contributed by atoms with van der Waals surface area (Å²) in [5, 5.41) is 16.7. The number of rotatable bonds is 5. The topological polar surface area (TPSA) is 178 Å². The number of nitrogens with two attached hydrogens (primary N) is 2. The average Bonchev–Trinajstić information content (AvgIpc) is 2.14. The summed E-state index contributed by atoms with van der Waals surface area (Å²) in [6.45, 7) is 0. The monoisotopic (exact) mass is 231 g/mol. The van der Waals surface area contributed by atoms with E-state index in [0.717, 1.165) is 12.4 Å². The Morgan fingerprint density at radius 2 is 1.56 bits per heavy atom. The summed E-state index contributed by atoms with van der Waals surface area (Å²) in [6.07, 6.45) is 1.52. The lowest BCUT2D eigenvalue weighted by Gasteiger charge is -1.97. The summed E-state index contributed by atoms with van der Waals surface area (Å²) in [5.41, 5.74) is 12.8. The molecule has 4 amide bonds. The van der Waals surface area contributed by atoms with Gasteiger partial charge < -0.3 is 11.5 Å². The first-order valence-electron chi connectivity index (χ1n) is 3.74. The van der Waals surface area contributed by atoms with Crippen molar-refractivity contribution in [2.45, 2.75) is 6.04 Å². The number of urea groups is 2. The minimum Gasteiger partial charge on any atom is -0.350 e. The smallest absolute Gasteiger partial charge is 0.332 e. The third kappa shape index (κ3) is 6.76. The van der Waals surface area contributed by atoms with Crippen molar-refractivity contribution in [3.05, 3.63) is 10.1 Å². The number of carbonyl (C=O) groups excluding carboxylic acids is 2. The quantitative estimate of drug-likeness (QED) is 0.241. The van der Waals surface area contributed by atoms with E-state index in [1.807, 2.05) is 0 Å². The molecule has 0 fully saturated rings. The maximum absolute atomic E-state index is 10.4. The fourth-order valence-corrected chi connectivity index (χ4v) is 0.502. The van der Waals surface area contributed by atoms with Gasteiger partial charge in [-0.1, -0.05) is 0 Å². The average molecular weight is 231 g/mol. The Bertz CT molecular complexity index is 312. The zero-order chi connectivity index (χ0) is 12.6. The standard InChI is InChI=1S/C5H9N7O4/c6-4(13)10-8-1-3(12(15)16)2-9-11-5(7)14/h1-3H,(H3,6,10,13)(H3,7,11,14)/b8-1-,9-2+. The number of hydrazone groups is 2. The van der Waals surface area contributed by atoms with Gasteiger partial charge in [-0.05, 0) is 0 Å². The van der Waals surface area contributed by atoms with E-state index in [2.05, 4.69) is 21.7 Å². The number of nitro groups is 1. The predicted octanol–water partition coefficient (Wildman–Crippen LogP) is -2.06. The molecule has 6 N–H and O–H groups in total. The highest BCUT2D eigenvalue weighted by molar-refractivity contribution is 5.87. The van der Waals surface area contributed by atoms with E-state index < -0.39 is 23.0 Å². The SMILES string of the molecule is NC(=O)N/N=C\C(/C=N/NC(N)=O)[N+](=O)[O-]. The van der Waals surface area contributed by atoms with Gasteiger partial charge in [0.05, 0.1) is 0 Å². The number of primary amides is 2. The third-order valence-corrected chi connectivity index (χ3v) is 1.05. The molecule has 0 heterocycles. The fraction of sp³-hybridized carbons (Fsp3) is 0.200. The van der Waals surface area contributed by atoms with E-state index in [1.54, 1.807) is 10.9 Å². The normalized spacial score (nSPS) is 12.5. The molecule has 0 aliphatic heterocycles. The van der Waals surface area contributed by atoms with Crippen LogP contribution in [-0.2, 0) is 0 Å².